The van der Waals surface area contributed by atoms with Crippen molar-refractivity contribution in [3.05, 3.63) is 22.2 Å². The van der Waals surface area contributed by atoms with Gasteiger partial charge in [-0.2, -0.15) is 0 Å². The van der Waals surface area contributed by atoms with Gasteiger partial charge in [-0.05, 0) is 43.9 Å². The third kappa shape index (κ3) is 2.90. The molecule has 2 fully saturated rings. The van der Waals surface area contributed by atoms with Gasteiger partial charge in [0.1, 0.15) is 0 Å². The van der Waals surface area contributed by atoms with Gasteiger partial charge in [0.05, 0.1) is 13.7 Å². The van der Waals surface area contributed by atoms with Crippen LogP contribution in [0.3, 0.4) is 0 Å². The van der Waals surface area contributed by atoms with Crippen LogP contribution in [0.4, 0.5) is 0 Å². The molecule has 1 atom stereocenters. The van der Waals surface area contributed by atoms with Gasteiger partial charge in [-0.25, -0.2) is 0 Å². The van der Waals surface area contributed by atoms with Crippen molar-refractivity contribution in [2.24, 2.45) is 5.92 Å². The summed E-state index contributed by atoms with van der Waals surface area (Å²) in [4.78, 5) is 0. The Morgan fingerprint density at radius 2 is 2.16 bits per heavy atom. The Balaban J connectivity index is 1.92. The lowest BCUT2D eigenvalue weighted by atomic mass is 9.97. The van der Waals surface area contributed by atoms with Gasteiger partial charge in [-0.15, -0.1) is 0 Å². The molecule has 0 aromatic heterocycles. The molecule has 0 spiro atoms. The molecule has 4 heteroatoms. The number of halogens is 1. The van der Waals surface area contributed by atoms with Crippen LogP contribution in [0.2, 0.25) is 0 Å². The molecule has 3 nitrogen and oxygen atoms in total. The summed E-state index contributed by atoms with van der Waals surface area (Å²) in [7, 11) is 1.71. The normalized spacial score (nSPS) is 22.5. The molecule has 3 rings (SSSR count). The topological polar surface area (TPSA) is 30.5 Å². The van der Waals surface area contributed by atoms with E-state index in [1.165, 1.54) is 18.4 Å². The molecule has 0 bridgehead atoms. The third-order valence-corrected chi connectivity index (χ3v) is 4.65. The van der Waals surface area contributed by atoms with Crippen molar-refractivity contribution in [2.45, 2.75) is 25.2 Å². The summed E-state index contributed by atoms with van der Waals surface area (Å²) in [6.07, 6.45) is 3.76. The maximum Gasteiger partial charge on any atom is 0.165 e. The van der Waals surface area contributed by atoms with Crippen LogP contribution >= 0.6 is 15.9 Å². The van der Waals surface area contributed by atoms with E-state index in [0.29, 0.717) is 5.92 Å². The predicted octanol–water partition coefficient (Wildman–Crippen LogP) is 3.32. The molecule has 1 aromatic rings. The lowest BCUT2D eigenvalue weighted by Gasteiger charge is -2.20. The highest BCUT2D eigenvalue weighted by Crippen LogP contribution is 2.43. The van der Waals surface area contributed by atoms with E-state index in [9.17, 15) is 0 Å². The van der Waals surface area contributed by atoms with Gasteiger partial charge in [0.25, 0.3) is 0 Å². The largest absolute Gasteiger partial charge is 0.493 e. The fourth-order valence-electron chi connectivity index (χ4n) is 2.63. The lowest BCUT2D eigenvalue weighted by molar-refractivity contribution is 0.276. The Morgan fingerprint density at radius 3 is 2.79 bits per heavy atom. The summed E-state index contributed by atoms with van der Waals surface area (Å²) in [5.41, 5.74) is 1.27. The quantitative estimate of drug-likeness (QED) is 0.900. The molecule has 0 radical (unpaired) electrons. The standard InChI is InChI=1S/C15H20BrNO2/c1-18-13-5-4-12(16)14(11-6-7-17-8-11)15(13)19-9-10-2-3-10/h4-5,10-11,17H,2-3,6-9H2,1H3. The smallest absolute Gasteiger partial charge is 0.165 e. The Morgan fingerprint density at radius 1 is 1.32 bits per heavy atom. The molecule has 1 aromatic carbocycles. The number of methoxy groups -OCH3 is 1. The average Bonchev–Trinajstić information content (AvgIpc) is 3.10. The summed E-state index contributed by atoms with van der Waals surface area (Å²) < 4.78 is 12.7. The van der Waals surface area contributed by atoms with Gasteiger partial charge in [0.15, 0.2) is 11.5 Å². The number of ether oxygens (including phenoxy) is 2. The molecule has 1 N–H and O–H groups in total. The summed E-state index contributed by atoms with van der Waals surface area (Å²) in [6.45, 7) is 2.92. The molecule has 104 valence electrons. The van der Waals surface area contributed by atoms with Gasteiger partial charge < -0.3 is 14.8 Å². The van der Waals surface area contributed by atoms with Crippen molar-refractivity contribution < 1.29 is 9.47 Å². The molecule has 1 saturated heterocycles. The lowest BCUT2D eigenvalue weighted by Crippen LogP contribution is -2.11. The number of nitrogens with one attached hydrogen (secondary N) is 1. The minimum atomic E-state index is 0.513. The van der Waals surface area contributed by atoms with Crippen molar-refractivity contribution >= 4 is 15.9 Å². The van der Waals surface area contributed by atoms with Crippen molar-refractivity contribution in [3.8, 4) is 11.5 Å². The van der Waals surface area contributed by atoms with Crippen molar-refractivity contribution in [2.75, 3.05) is 26.8 Å². The second-order valence-electron chi connectivity index (χ2n) is 5.44. The molecule has 1 aliphatic carbocycles. The monoisotopic (exact) mass is 325 g/mol. The highest BCUT2D eigenvalue weighted by molar-refractivity contribution is 9.10. The molecular weight excluding hydrogens is 306 g/mol. The Kier molecular flexibility index (Phi) is 3.99. The third-order valence-electron chi connectivity index (χ3n) is 3.96. The van der Waals surface area contributed by atoms with E-state index < -0.39 is 0 Å². The first kappa shape index (κ1) is 13.3. The second kappa shape index (κ2) is 5.71. The molecule has 2 aliphatic rings. The highest BCUT2D eigenvalue weighted by Gasteiger charge is 2.28. The van der Waals surface area contributed by atoms with E-state index in [-0.39, 0.29) is 0 Å². The Labute approximate surface area is 122 Å². The summed E-state index contributed by atoms with van der Waals surface area (Å²) >= 11 is 3.68. The Bertz CT molecular complexity index is 454. The van der Waals surface area contributed by atoms with E-state index >= 15 is 0 Å². The van der Waals surface area contributed by atoms with E-state index in [1.54, 1.807) is 7.11 Å². The first-order valence-electron chi connectivity index (χ1n) is 6.99. The zero-order valence-electron chi connectivity index (χ0n) is 11.2. The molecule has 0 amide bonds. The SMILES string of the molecule is COc1ccc(Br)c(C2CCNC2)c1OCC1CC1. The molecule has 1 aliphatic heterocycles. The maximum atomic E-state index is 6.09. The van der Waals surface area contributed by atoms with E-state index in [0.717, 1.165) is 48.0 Å². The van der Waals surface area contributed by atoms with Gasteiger partial charge in [-0.3, -0.25) is 0 Å². The highest BCUT2D eigenvalue weighted by atomic mass is 79.9. The van der Waals surface area contributed by atoms with Crippen LogP contribution in [0.5, 0.6) is 11.5 Å². The van der Waals surface area contributed by atoms with Crippen LogP contribution in [0.1, 0.15) is 30.7 Å². The van der Waals surface area contributed by atoms with Crippen LogP contribution in [-0.2, 0) is 0 Å². The van der Waals surface area contributed by atoms with Crippen LogP contribution < -0.4 is 14.8 Å². The van der Waals surface area contributed by atoms with Crippen molar-refractivity contribution in [1.82, 2.24) is 5.32 Å². The first-order valence-corrected chi connectivity index (χ1v) is 7.78. The van der Waals surface area contributed by atoms with Crippen molar-refractivity contribution in [1.29, 1.82) is 0 Å². The van der Waals surface area contributed by atoms with Crippen molar-refractivity contribution in [3.63, 3.8) is 0 Å². The Hall–Kier alpha value is -0.740. The van der Waals surface area contributed by atoms with Gasteiger partial charge in [-0.1, -0.05) is 15.9 Å². The predicted molar refractivity (Wildman–Crippen MR) is 79.1 cm³/mol. The van der Waals surface area contributed by atoms with Crippen LogP contribution in [0.15, 0.2) is 16.6 Å². The minimum absolute atomic E-state index is 0.513. The molecule has 19 heavy (non-hydrogen) atoms. The van der Waals surface area contributed by atoms with E-state index in [1.807, 2.05) is 6.07 Å². The molecule has 1 unspecified atom stereocenters. The summed E-state index contributed by atoms with van der Waals surface area (Å²) in [5.74, 6) is 3.06. The summed E-state index contributed by atoms with van der Waals surface area (Å²) in [6, 6.07) is 4.05. The van der Waals surface area contributed by atoms with Gasteiger partial charge in [0.2, 0.25) is 0 Å². The molecule has 1 heterocycles. The summed E-state index contributed by atoms with van der Waals surface area (Å²) in [5, 5.41) is 3.42. The molecular formula is C15H20BrNO2. The van der Waals surface area contributed by atoms with Crippen LogP contribution in [0, 0.1) is 5.92 Å². The number of benzene rings is 1. The second-order valence-corrected chi connectivity index (χ2v) is 6.29. The zero-order chi connectivity index (χ0) is 13.2. The van der Waals surface area contributed by atoms with Crippen LogP contribution in [0.25, 0.3) is 0 Å². The number of hydrogen-bond donors (Lipinski definition) is 1. The van der Waals surface area contributed by atoms with E-state index in [2.05, 4.69) is 27.3 Å². The number of rotatable bonds is 5. The van der Waals surface area contributed by atoms with Gasteiger partial charge in [0, 0.05) is 22.5 Å². The fourth-order valence-corrected chi connectivity index (χ4v) is 3.27. The fraction of sp³-hybridized carbons (Fsp3) is 0.600. The average molecular weight is 326 g/mol. The number of hydrogen-bond acceptors (Lipinski definition) is 3. The van der Waals surface area contributed by atoms with Gasteiger partial charge >= 0.3 is 0 Å². The maximum absolute atomic E-state index is 6.09. The first-order chi connectivity index (χ1) is 9.29. The zero-order valence-corrected chi connectivity index (χ0v) is 12.8. The molecule has 1 saturated carbocycles. The minimum Gasteiger partial charge on any atom is -0.493 e. The van der Waals surface area contributed by atoms with Crippen LogP contribution in [-0.4, -0.2) is 26.8 Å². The van der Waals surface area contributed by atoms with E-state index in [4.69, 9.17) is 9.47 Å².